The summed E-state index contributed by atoms with van der Waals surface area (Å²) < 4.78 is 54.7. The third kappa shape index (κ3) is 14.9. The molecule has 204 valence electrons. The predicted octanol–water partition coefficient (Wildman–Crippen LogP) is 4.84. The highest BCUT2D eigenvalue weighted by Gasteiger charge is 2.38. The van der Waals surface area contributed by atoms with E-state index in [0.717, 1.165) is 50.7 Å². The molecule has 3 N–H and O–H groups in total. The summed E-state index contributed by atoms with van der Waals surface area (Å²) in [6.07, 6.45) is 10.3. The molecule has 0 radical (unpaired) electrons. The molecule has 0 aromatic heterocycles. The molecule has 12 heteroatoms. The summed E-state index contributed by atoms with van der Waals surface area (Å²) in [6, 6.07) is 0. The fourth-order valence-corrected chi connectivity index (χ4v) is 7.93. The van der Waals surface area contributed by atoms with Crippen LogP contribution in [0.2, 0.25) is 0 Å². The van der Waals surface area contributed by atoms with Crippen molar-refractivity contribution in [2.45, 2.75) is 71.1 Å². The van der Waals surface area contributed by atoms with Gasteiger partial charge in [0.2, 0.25) is 0 Å². The zero-order valence-electron chi connectivity index (χ0n) is 21.5. The van der Waals surface area contributed by atoms with Gasteiger partial charge in [-0.2, -0.15) is 12.6 Å². The van der Waals surface area contributed by atoms with E-state index >= 15 is 0 Å². The first kappa shape index (κ1) is 30.8. The molecule has 1 rings (SSSR count). The molecule has 4 atom stereocenters. The normalized spacial score (nSPS) is 21.5. The number of unbranched alkanes of at least 4 members (excludes halogenated alkanes) is 3. The quantitative estimate of drug-likeness (QED) is 0.0849. The summed E-state index contributed by atoms with van der Waals surface area (Å²) in [4.78, 5) is 10.4. The third-order valence-electron chi connectivity index (χ3n) is 5.82. The molecule has 0 spiro atoms. The van der Waals surface area contributed by atoms with Gasteiger partial charge in [-0.3, -0.25) is 9.13 Å². The Morgan fingerprint density at radius 2 is 1.71 bits per heavy atom. The van der Waals surface area contributed by atoms with Crippen molar-refractivity contribution in [1.29, 1.82) is 0 Å². The Hall–Kier alpha value is 0.530. The highest BCUT2D eigenvalue weighted by molar-refractivity contribution is 7.80. The zero-order valence-corrected chi connectivity index (χ0v) is 23.2. The lowest BCUT2D eigenvalue weighted by atomic mass is 9.94. The first-order chi connectivity index (χ1) is 16.6. The van der Waals surface area contributed by atoms with E-state index in [9.17, 15) is 19.1 Å². The second-order valence-corrected chi connectivity index (χ2v) is 14.2. The van der Waals surface area contributed by atoms with Crippen molar-refractivity contribution in [2.24, 2.45) is 11.3 Å². The maximum absolute atomic E-state index is 13.1. The minimum Gasteiger partial charge on any atom is -0.396 e. The number of aliphatic hydroxyl groups excluding tert-OH is 2. The Bertz CT molecular complexity index is 654. The van der Waals surface area contributed by atoms with E-state index in [1.54, 1.807) is 6.92 Å². The van der Waals surface area contributed by atoms with Crippen molar-refractivity contribution < 1.29 is 43.9 Å². The fraction of sp³-hybridized carbons (Fsp3) is 1.00. The lowest BCUT2D eigenvalue weighted by Gasteiger charge is -2.28. The standard InChI is InChI=1S/C22H46O9P2S/c1-22(17-24,18-28-13-6-2-3-7-16-34)19-31-32(25,26)20-33(27,30-15-12-23)29-14-8-11-21-9-4-5-10-21/h21,23-24,34H,2-20H2,1H3,(H,25,26)/i15T. The molecule has 1 fully saturated rings. The van der Waals surface area contributed by atoms with Crippen LogP contribution in [0.1, 0.15) is 72.5 Å². The molecular weight excluding hydrogens is 502 g/mol. The van der Waals surface area contributed by atoms with Gasteiger partial charge in [-0.25, -0.2) is 0 Å². The number of hydrogen-bond donors (Lipinski definition) is 4. The molecule has 34 heavy (non-hydrogen) atoms. The van der Waals surface area contributed by atoms with Gasteiger partial charge in [0.15, 0.2) is 5.90 Å². The Labute approximate surface area is 212 Å². The van der Waals surface area contributed by atoms with E-state index in [0.29, 0.717) is 18.9 Å². The molecule has 0 saturated heterocycles. The van der Waals surface area contributed by atoms with Gasteiger partial charge in [0.25, 0.3) is 0 Å². The average Bonchev–Trinajstić information content (AvgIpc) is 3.33. The molecule has 0 amide bonds. The largest absolute Gasteiger partial charge is 0.396 e. The summed E-state index contributed by atoms with van der Waals surface area (Å²) in [5.41, 5.74) is -0.931. The van der Waals surface area contributed by atoms with Crippen LogP contribution in [0.25, 0.3) is 0 Å². The van der Waals surface area contributed by atoms with Gasteiger partial charge in [0, 0.05) is 12.0 Å². The fourth-order valence-electron chi connectivity index (χ4n) is 3.76. The maximum atomic E-state index is 13.1. The molecule has 0 aliphatic heterocycles. The van der Waals surface area contributed by atoms with Crippen molar-refractivity contribution in [1.82, 2.24) is 0 Å². The van der Waals surface area contributed by atoms with Crippen LogP contribution < -0.4 is 0 Å². The zero-order chi connectivity index (χ0) is 26.2. The highest BCUT2D eigenvalue weighted by Crippen LogP contribution is 2.61. The van der Waals surface area contributed by atoms with Crippen LogP contribution in [0, 0.1) is 11.3 Å². The van der Waals surface area contributed by atoms with Gasteiger partial charge in [0.05, 0.1) is 41.0 Å². The Balaban J connectivity index is 2.55. The lowest BCUT2D eigenvalue weighted by Crippen LogP contribution is -2.33. The molecule has 1 saturated carbocycles. The summed E-state index contributed by atoms with van der Waals surface area (Å²) in [6.45, 7) is -0.595. The van der Waals surface area contributed by atoms with E-state index in [2.05, 4.69) is 12.6 Å². The van der Waals surface area contributed by atoms with Crippen LogP contribution in [-0.2, 0) is 27.4 Å². The molecular formula is C22H46O9P2S. The van der Waals surface area contributed by atoms with Gasteiger partial charge in [0.1, 0.15) is 0 Å². The summed E-state index contributed by atoms with van der Waals surface area (Å²) >= 11 is 4.18. The Morgan fingerprint density at radius 1 is 1.00 bits per heavy atom. The average molecular weight is 551 g/mol. The molecule has 9 nitrogen and oxygen atoms in total. The van der Waals surface area contributed by atoms with Crippen LogP contribution in [0.4, 0.5) is 0 Å². The van der Waals surface area contributed by atoms with E-state index in [1.165, 1.54) is 12.8 Å². The lowest BCUT2D eigenvalue weighted by molar-refractivity contribution is -0.0125. The molecule has 4 unspecified atom stereocenters. The molecule has 0 bridgehead atoms. The van der Waals surface area contributed by atoms with Crippen molar-refractivity contribution in [3.8, 4) is 0 Å². The first-order valence-corrected chi connectivity index (χ1v) is 16.4. The van der Waals surface area contributed by atoms with Crippen LogP contribution in [-0.4, -0.2) is 73.0 Å². The number of hydrogen-bond acceptors (Lipinski definition) is 9. The first-order valence-electron chi connectivity index (χ1n) is 12.9. The highest BCUT2D eigenvalue weighted by atomic mass is 32.1. The Kier molecular flexibility index (Phi) is 16.2. The van der Waals surface area contributed by atoms with Crippen molar-refractivity contribution in [3.05, 3.63) is 0 Å². The molecule has 0 aromatic rings. The van der Waals surface area contributed by atoms with E-state index in [1.807, 2.05) is 0 Å². The minimum absolute atomic E-state index is 0.0577. The van der Waals surface area contributed by atoms with E-state index in [-0.39, 0.29) is 26.4 Å². The van der Waals surface area contributed by atoms with Crippen molar-refractivity contribution in [3.63, 3.8) is 0 Å². The van der Waals surface area contributed by atoms with Gasteiger partial charge in [-0.05, 0) is 37.4 Å². The number of thiol groups is 1. The number of aliphatic hydroxyl groups is 2. The van der Waals surface area contributed by atoms with Gasteiger partial charge in [-0.15, -0.1) is 0 Å². The number of ether oxygens (including phenoxy) is 1. The van der Waals surface area contributed by atoms with Crippen molar-refractivity contribution >= 4 is 27.8 Å². The summed E-state index contributed by atoms with van der Waals surface area (Å²) in [5, 5.41) is 18.9. The van der Waals surface area contributed by atoms with Gasteiger partial charge < -0.3 is 33.4 Å². The molecule has 0 aromatic carbocycles. The van der Waals surface area contributed by atoms with Crippen molar-refractivity contribution in [2.75, 3.05) is 57.9 Å². The van der Waals surface area contributed by atoms with Crippen LogP contribution in [0.3, 0.4) is 0 Å². The maximum Gasteiger partial charge on any atom is 0.342 e. The monoisotopic (exact) mass is 550 g/mol. The Morgan fingerprint density at radius 3 is 2.35 bits per heavy atom. The van der Waals surface area contributed by atoms with E-state index in [4.69, 9.17) is 24.8 Å². The SMILES string of the molecule is [3H]C(CO)OP(=O)(CP(=O)(O)OCC(C)(CO)COCCCCCCS)OCCCC1CCCC1. The topological polar surface area (TPSA) is 132 Å². The second-order valence-electron chi connectivity index (χ2n) is 9.40. The number of rotatable bonds is 22. The molecule has 1 aliphatic carbocycles. The third-order valence-corrected chi connectivity index (χ3v) is 10.5. The van der Waals surface area contributed by atoms with Crippen LogP contribution in [0.15, 0.2) is 0 Å². The van der Waals surface area contributed by atoms with Gasteiger partial charge >= 0.3 is 15.2 Å². The minimum atomic E-state index is -4.47. The summed E-state index contributed by atoms with van der Waals surface area (Å²) in [5.74, 6) is 0.527. The predicted molar refractivity (Wildman–Crippen MR) is 137 cm³/mol. The molecule has 0 heterocycles. The van der Waals surface area contributed by atoms with Crippen LogP contribution >= 0.6 is 27.8 Å². The van der Waals surface area contributed by atoms with Gasteiger partial charge in [-0.1, -0.05) is 45.4 Å². The van der Waals surface area contributed by atoms with Crippen LogP contribution in [0.5, 0.6) is 0 Å². The second kappa shape index (κ2) is 17.9. The molecule has 1 aliphatic rings. The summed E-state index contributed by atoms with van der Waals surface area (Å²) in [7, 11) is -8.66. The smallest absolute Gasteiger partial charge is 0.342 e. The van der Waals surface area contributed by atoms with E-state index < -0.39 is 39.7 Å².